The second-order valence-electron chi connectivity index (χ2n) is 5.13. The lowest BCUT2D eigenvalue weighted by Crippen LogP contribution is -2.43. The van der Waals surface area contributed by atoms with Crippen molar-refractivity contribution in [1.29, 1.82) is 0 Å². The van der Waals surface area contributed by atoms with Gasteiger partial charge in [-0.2, -0.15) is 0 Å². The SMILES string of the molecule is CCOC(=O)N1CCC2(CC1)SCc1ccccc12. The molecule has 0 bridgehead atoms. The van der Waals surface area contributed by atoms with Crippen molar-refractivity contribution in [1.82, 2.24) is 4.90 Å². The van der Waals surface area contributed by atoms with Crippen molar-refractivity contribution in [2.75, 3.05) is 19.7 Å². The number of carbonyl (C=O) groups excluding carboxylic acids is 1. The highest BCUT2D eigenvalue weighted by Crippen LogP contribution is 2.53. The minimum Gasteiger partial charge on any atom is -0.450 e. The average Bonchev–Trinajstić information content (AvgIpc) is 2.80. The monoisotopic (exact) mass is 277 g/mol. The standard InChI is InChI=1S/C15H19NO2S/c1-2-18-14(17)16-9-7-15(8-10-16)13-6-4-3-5-12(13)11-19-15/h3-6H,2,7-11H2,1H3. The number of likely N-dealkylation sites (tertiary alicyclic amines) is 1. The number of ether oxygens (including phenoxy) is 1. The molecule has 1 fully saturated rings. The summed E-state index contributed by atoms with van der Waals surface area (Å²) >= 11 is 2.04. The third kappa shape index (κ3) is 2.22. The molecule has 4 heteroatoms. The number of benzene rings is 1. The fourth-order valence-corrected chi connectivity index (χ4v) is 4.57. The van der Waals surface area contributed by atoms with E-state index in [4.69, 9.17) is 4.74 Å². The summed E-state index contributed by atoms with van der Waals surface area (Å²) in [4.78, 5) is 13.6. The van der Waals surface area contributed by atoms with Gasteiger partial charge in [-0.25, -0.2) is 4.79 Å². The second kappa shape index (κ2) is 5.08. The maximum absolute atomic E-state index is 11.7. The van der Waals surface area contributed by atoms with Crippen molar-refractivity contribution in [3.05, 3.63) is 35.4 Å². The van der Waals surface area contributed by atoms with Gasteiger partial charge in [-0.3, -0.25) is 0 Å². The van der Waals surface area contributed by atoms with E-state index in [0.29, 0.717) is 6.61 Å². The van der Waals surface area contributed by atoms with E-state index in [2.05, 4.69) is 24.3 Å². The van der Waals surface area contributed by atoms with Crippen LogP contribution in [-0.4, -0.2) is 30.7 Å². The second-order valence-corrected chi connectivity index (χ2v) is 6.48. The molecule has 1 amide bonds. The summed E-state index contributed by atoms with van der Waals surface area (Å²) in [5, 5.41) is 0. The molecule has 0 atom stereocenters. The summed E-state index contributed by atoms with van der Waals surface area (Å²) in [6, 6.07) is 8.74. The van der Waals surface area contributed by atoms with E-state index in [1.165, 1.54) is 11.1 Å². The molecule has 2 heterocycles. The first-order valence-corrected chi connectivity index (χ1v) is 7.88. The Hall–Kier alpha value is -1.16. The highest BCUT2D eigenvalue weighted by Gasteiger charge is 2.42. The molecule has 1 spiro atoms. The average molecular weight is 277 g/mol. The zero-order valence-electron chi connectivity index (χ0n) is 11.2. The Morgan fingerprint density at radius 2 is 2.11 bits per heavy atom. The third-order valence-electron chi connectivity index (χ3n) is 4.11. The van der Waals surface area contributed by atoms with E-state index < -0.39 is 0 Å². The number of hydrogen-bond donors (Lipinski definition) is 0. The zero-order chi connectivity index (χ0) is 13.3. The predicted molar refractivity (Wildman–Crippen MR) is 77.2 cm³/mol. The van der Waals surface area contributed by atoms with Gasteiger partial charge in [0.05, 0.1) is 6.61 Å². The first-order chi connectivity index (χ1) is 9.25. The Bertz CT molecular complexity index is 481. The van der Waals surface area contributed by atoms with Crippen molar-refractivity contribution < 1.29 is 9.53 Å². The summed E-state index contributed by atoms with van der Waals surface area (Å²) in [5.41, 5.74) is 2.96. The highest BCUT2D eigenvalue weighted by molar-refractivity contribution is 7.99. The number of carbonyl (C=O) groups is 1. The van der Waals surface area contributed by atoms with E-state index in [1.54, 1.807) is 0 Å². The lowest BCUT2D eigenvalue weighted by Gasteiger charge is -2.38. The van der Waals surface area contributed by atoms with E-state index >= 15 is 0 Å². The molecule has 0 aliphatic carbocycles. The number of fused-ring (bicyclic) bond motifs is 2. The van der Waals surface area contributed by atoms with Gasteiger partial charge in [0, 0.05) is 23.6 Å². The molecule has 102 valence electrons. The van der Waals surface area contributed by atoms with Crippen molar-refractivity contribution >= 4 is 17.9 Å². The summed E-state index contributed by atoms with van der Waals surface area (Å²) in [6.07, 6.45) is 1.91. The Kier molecular flexibility index (Phi) is 3.44. The van der Waals surface area contributed by atoms with Crippen LogP contribution in [0.4, 0.5) is 4.79 Å². The van der Waals surface area contributed by atoms with Crippen LogP contribution in [0.15, 0.2) is 24.3 Å². The van der Waals surface area contributed by atoms with Gasteiger partial charge < -0.3 is 9.64 Å². The molecule has 1 aromatic rings. The molecule has 0 saturated carbocycles. The van der Waals surface area contributed by atoms with Crippen LogP contribution >= 0.6 is 11.8 Å². The van der Waals surface area contributed by atoms with E-state index in [9.17, 15) is 4.79 Å². The Morgan fingerprint density at radius 1 is 1.37 bits per heavy atom. The van der Waals surface area contributed by atoms with Crippen LogP contribution in [0.5, 0.6) is 0 Å². The normalized spacial score (nSPS) is 20.4. The maximum atomic E-state index is 11.7. The number of amides is 1. The van der Waals surface area contributed by atoms with Crippen LogP contribution in [0.1, 0.15) is 30.9 Å². The first-order valence-electron chi connectivity index (χ1n) is 6.89. The van der Waals surface area contributed by atoms with Gasteiger partial charge in [-0.05, 0) is 30.9 Å². The zero-order valence-corrected chi connectivity index (χ0v) is 12.0. The van der Waals surface area contributed by atoms with Crippen molar-refractivity contribution in [2.45, 2.75) is 30.3 Å². The molecule has 2 aliphatic heterocycles. The van der Waals surface area contributed by atoms with Gasteiger partial charge in [0.1, 0.15) is 0 Å². The first kappa shape index (κ1) is 12.9. The summed E-state index contributed by atoms with van der Waals surface area (Å²) in [5.74, 6) is 1.11. The molecule has 1 saturated heterocycles. The van der Waals surface area contributed by atoms with Crippen molar-refractivity contribution in [3.63, 3.8) is 0 Å². The molecule has 2 aliphatic rings. The lowest BCUT2D eigenvalue weighted by atomic mass is 9.86. The Labute approximate surface area is 118 Å². The number of thioether (sulfide) groups is 1. The quantitative estimate of drug-likeness (QED) is 0.788. The summed E-state index contributed by atoms with van der Waals surface area (Å²) in [6.45, 7) is 3.92. The number of hydrogen-bond acceptors (Lipinski definition) is 3. The fraction of sp³-hybridized carbons (Fsp3) is 0.533. The molecular formula is C15H19NO2S. The molecule has 1 aromatic carbocycles. The highest BCUT2D eigenvalue weighted by atomic mass is 32.2. The van der Waals surface area contributed by atoms with Crippen LogP contribution < -0.4 is 0 Å². The topological polar surface area (TPSA) is 29.5 Å². The Balaban J connectivity index is 1.72. The fourth-order valence-electron chi connectivity index (χ4n) is 3.06. The molecule has 3 rings (SSSR count). The van der Waals surface area contributed by atoms with Gasteiger partial charge in [-0.1, -0.05) is 24.3 Å². The van der Waals surface area contributed by atoms with Crippen molar-refractivity contribution in [3.8, 4) is 0 Å². The van der Waals surface area contributed by atoms with Crippen LogP contribution in [-0.2, 0) is 15.2 Å². The van der Waals surface area contributed by atoms with E-state index in [0.717, 1.165) is 31.7 Å². The lowest BCUT2D eigenvalue weighted by molar-refractivity contribution is 0.0950. The molecule has 0 unspecified atom stereocenters. The molecule has 3 nitrogen and oxygen atoms in total. The minimum atomic E-state index is -0.159. The Morgan fingerprint density at radius 3 is 2.84 bits per heavy atom. The van der Waals surface area contributed by atoms with Crippen LogP contribution in [0, 0.1) is 0 Å². The minimum absolute atomic E-state index is 0.159. The molecule has 19 heavy (non-hydrogen) atoms. The van der Waals surface area contributed by atoms with Gasteiger partial charge >= 0.3 is 6.09 Å². The van der Waals surface area contributed by atoms with E-state index in [1.807, 2.05) is 23.6 Å². The molecule has 0 radical (unpaired) electrons. The van der Waals surface area contributed by atoms with Crippen LogP contribution in [0.25, 0.3) is 0 Å². The van der Waals surface area contributed by atoms with Crippen molar-refractivity contribution in [2.24, 2.45) is 0 Å². The smallest absolute Gasteiger partial charge is 0.409 e. The third-order valence-corrected chi connectivity index (χ3v) is 5.75. The summed E-state index contributed by atoms with van der Waals surface area (Å²) < 4.78 is 5.32. The number of rotatable bonds is 1. The van der Waals surface area contributed by atoms with Crippen LogP contribution in [0.3, 0.4) is 0 Å². The maximum Gasteiger partial charge on any atom is 0.409 e. The van der Waals surface area contributed by atoms with Gasteiger partial charge in [0.25, 0.3) is 0 Å². The molecular weight excluding hydrogens is 258 g/mol. The van der Waals surface area contributed by atoms with Gasteiger partial charge in [0.15, 0.2) is 0 Å². The largest absolute Gasteiger partial charge is 0.450 e. The molecule has 0 N–H and O–H groups in total. The van der Waals surface area contributed by atoms with Crippen LogP contribution in [0.2, 0.25) is 0 Å². The predicted octanol–water partition coefficient (Wildman–Crippen LogP) is 3.38. The summed E-state index contributed by atoms with van der Waals surface area (Å²) in [7, 11) is 0. The van der Waals surface area contributed by atoms with Gasteiger partial charge in [-0.15, -0.1) is 11.8 Å². The van der Waals surface area contributed by atoms with Gasteiger partial charge in [0.2, 0.25) is 0 Å². The number of nitrogens with zero attached hydrogens (tertiary/aromatic N) is 1. The molecule has 0 aromatic heterocycles. The van der Waals surface area contributed by atoms with E-state index in [-0.39, 0.29) is 10.8 Å². The number of piperidine rings is 1.